The predicted octanol–water partition coefficient (Wildman–Crippen LogP) is 5.08. The molecule has 0 saturated carbocycles. The molecule has 0 amide bonds. The van der Waals surface area contributed by atoms with Crippen molar-refractivity contribution in [3.05, 3.63) is 50.3 Å². The molecule has 20 heavy (non-hydrogen) atoms. The molecular formula is C14H10BrCl2N3. The fourth-order valence-corrected chi connectivity index (χ4v) is 2.87. The average Bonchev–Trinajstić information content (AvgIpc) is 2.80. The summed E-state index contributed by atoms with van der Waals surface area (Å²) in [6.07, 6.45) is 1.93. The Morgan fingerprint density at radius 3 is 2.60 bits per heavy atom. The number of hydrogen-bond donors (Lipinski definition) is 0. The van der Waals surface area contributed by atoms with E-state index in [-0.39, 0.29) is 0 Å². The van der Waals surface area contributed by atoms with Crippen LogP contribution in [-0.2, 0) is 0 Å². The lowest BCUT2D eigenvalue weighted by Gasteiger charge is -2.04. The van der Waals surface area contributed by atoms with E-state index in [1.807, 2.05) is 30.5 Å². The van der Waals surface area contributed by atoms with Gasteiger partial charge in [0.2, 0.25) is 5.78 Å². The van der Waals surface area contributed by atoms with Crippen molar-refractivity contribution >= 4 is 44.9 Å². The second kappa shape index (κ2) is 5.02. The zero-order chi connectivity index (χ0) is 14.4. The first kappa shape index (κ1) is 13.9. The molecule has 3 aromatic rings. The number of halogens is 3. The van der Waals surface area contributed by atoms with E-state index in [0.29, 0.717) is 15.8 Å². The van der Waals surface area contributed by atoms with Gasteiger partial charge < -0.3 is 0 Å². The Kier molecular flexibility index (Phi) is 3.48. The minimum absolute atomic E-state index is 0.578. The smallest absolute Gasteiger partial charge is 0.234 e. The van der Waals surface area contributed by atoms with E-state index in [9.17, 15) is 0 Å². The van der Waals surface area contributed by atoms with Crippen molar-refractivity contribution in [2.24, 2.45) is 0 Å². The summed E-state index contributed by atoms with van der Waals surface area (Å²) < 4.78 is 2.92. The van der Waals surface area contributed by atoms with Gasteiger partial charge in [-0.3, -0.25) is 4.40 Å². The minimum atomic E-state index is 0.578. The van der Waals surface area contributed by atoms with Gasteiger partial charge in [0.1, 0.15) is 0 Å². The molecule has 0 spiro atoms. The Morgan fingerprint density at radius 2 is 1.90 bits per heavy atom. The van der Waals surface area contributed by atoms with Gasteiger partial charge >= 0.3 is 0 Å². The lowest BCUT2D eigenvalue weighted by atomic mass is 10.2. The Hall–Kier alpha value is -1.10. The van der Waals surface area contributed by atoms with Crippen LogP contribution in [0.25, 0.3) is 17.0 Å². The second-order valence-corrected chi connectivity index (χ2v) is 6.15. The first-order valence-electron chi connectivity index (χ1n) is 5.94. The number of hydrogen-bond acceptors (Lipinski definition) is 2. The molecule has 0 aliphatic heterocycles. The van der Waals surface area contributed by atoms with E-state index in [0.717, 1.165) is 27.1 Å². The third-order valence-electron chi connectivity index (χ3n) is 3.16. The molecule has 0 aliphatic carbocycles. The summed E-state index contributed by atoms with van der Waals surface area (Å²) in [6.45, 7) is 3.96. The maximum absolute atomic E-state index is 6.23. The summed E-state index contributed by atoms with van der Waals surface area (Å²) in [6, 6.07) is 5.38. The maximum atomic E-state index is 6.23. The third kappa shape index (κ3) is 2.22. The van der Waals surface area contributed by atoms with Gasteiger partial charge in [0.25, 0.3) is 0 Å². The van der Waals surface area contributed by atoms with Crippen LogP contribution in [0.1, 0.15) is 11.4 Å². The normalized spacial score (nSPS) is 11.2. The van der Waals surface area contributed by atoms with E-state index in [4.69, 9.17) is 23.2 Å². The summed E-state index contributed by atoms with van der Waals surface area (Å²) in [5, 5.41) is 1.18. The Morgan fingerprint density at radius 1 is 1.15 bits per heavy atom. The summed E-state index contributed by atoms with van der Waals surface area (Å²) >= 11 is 15.7. The van der Waals surface area contributed by atoms with Crippen molar-refractivity contribution in [2.45, 2.75) is 13.8 Å². The van der Waals surface area contributed by atoms with Gasteiger partial charge in [-0.2, -0.15) is 0 Å². The van der Waals surface area contributed by atoms with Gasteiger partial charge in [-0.1, -0.05) is 23.2 Å². The van der Waals surface area contributed by atoms with Crippen LogP contribution in [0.15, 0.2) is 28.9 Å². The van der Waals surface area contributed by atoms with Crippen LogP contribution in [0.3, 0.4) is 0 Å². The van der Waals surface area contributed by atoms with E-state index in [1.165, 1.54) is 0 Å². The highest BCUT2D eigenvalue weighted by atomic mass is 79.9. The van der Waals surface area contributed by atoms with Crippen LogP contribution in [0.5, 0.6) is 0 Å². The highest BCUT2D eigenvalue weighted by Gasteiger charge is 2.13. The molecule has 0 unspecified atom stereocenters. The van der Waals surface area contributed by atoms with Gasteiger partial charge in [0.05, 0.1) is 20.9 Å². The van der Waals surface area contributed by atoms with Gasteiger partial charge in [-0.15, -0.1) is 0 Å². The van der Waals surface area contributed by atoms with Crippen LogP contribution < -0.4 is 0 Å². The standard InChI is InChI=1S/C14H10BrCl2N3/c1-7-13(15)8(2)20-6-12(19-14(20)18-7)10-4-3-9(16)5-11(10)17/h3-6H,1-2H3. The van der Waals surface area contributed by atoms with Gasteiger partial charge in [0, 0.05) is 22.5 Å². The number of fused-ring (bicyclic) bond motifs is 1. The first-order chi connectivity index (χ1) is 9.47. The monoisotopic (exact) mass is 369 g/mol. The van der Waals surface area contributed by atoms with Crippen LogP contribution in [-0.4, -0.2) is 14.4 Å². The SMILES string of the molecule is Cc1nc2nc(-c3ccc(Cl)cc3Cl)cn2c(C)c1Br. The molecule has 2 aromatic heterocycles. The van der Waals surface area contributed by atoms with Crippen molar-refractivity contribution in [2.75, 3.05) is 0 Å². The van der Waals surface area contributed by atoms with Crippen LogP contribution >= 0.6 is 39.1 Å². The van der Waals surface area contributed by atoms with Crippen LogP contribution in [0.2, 0.25) is 10.0 Å². The lowest BCUT2D eigenvalue weighted by Crippen LogP contribution is -1.97. The number of imidazole rings is 1. The van der Waals surface area contributed by atoms with Crippen LogP contribution in [0, 0.1) is 13.8 Å². The molecule has 0 fully saturated rings. The molecule has 0 bridgehead atoms. The van der Waals surface area contributed by atoms with Crippen molar-refractivity contribution in [1.82, 2.24) is 14.4 Å². The fourth-order valence-electron chi connectivity index (χ4n) is 2.09. The number of rotatable bonds is 1. The Balaban J connectivity index is 2.26. The van der Waals surface area contributed by atoms with Gasteiger partial charge in [-0.25, -0.2) is 9.97 Å². The van der Waals surface area contributed by atoms with Crippen molar-refractivity contribution in [3.8, 4) is 11.3 Å². The average molecular weight is 371 g/mol. The molecule has 2 heterocycles. The number of nitrogens with zero attached hydrogens (tertiary/aromatic N) is 3. The number of benzene rings is 1. The molecule has 102 valence electrons. The molecule has 0 N–H and O–H groups in total. The molecule has 6 heteroatoms. The fraction of sp³-hybridized carbons (Fsp3) is 0.143. The zero-order valence-corrected chi connectivity index (χ0v) is 13.9. The predicted molar refractivity (Wildman–Crippen MR) is 85.6 cm³/mol. The molecular weight excluding hydrogens is 361 g/mol. The van der Waals surface area contributed by atoms with Crippen molar-refractivity contribution in [1.29, 1.82) is 0 Å². The lowest BCUT2D eigenvalue weighted by molar-refractivity contribution is 0.996. The van der Waals surface area contributed by atoms with Crippen LogP contribution in [0.4, 0.5) is 0 Å². The quantitative estimate of drug-likeness (QED) is 0.597. The molecule has 3 rings (SSSR count). The highest BCUT2D eigenvalue weighted by Crippen LogP contribution is 2.30. The van der Waals surface area contributed by atoms with E-state index in [1.54, 1.807) is 12.1 Å². The largest absolute Gasteiger partial charge is 0.287 e. The Bertz CT molecular complexity index is 827. The third-order valence-corrected chi connectivity index (χ3v) is 4.85. The van der Waals surface area contributed by atoms with E-state index >= 15 is 0 Å². The summed E-state index contributed by atoms with van der Waals surface area (Å²) in [5.74, 6) is 0.657. The molecule has 3 nitrogen and oxygen atoms in total. The van der Waals surface area contributed by atoms with Gasteiger partial charge in [-0.05, 0) is 48.0 Å². The maximum Gasteiger partial charge on any atom is 0.234 e. The van der Waals surface area contributed by atoms with E-state index in [2.05, 4.69) is 25.9 Å². The summed E-state index contributed by atoms with van der Waals surface area (Å²) in [5.41, 5.74) is 3.58. The molecule has 1 aromatic carbocycles. The van der Waals surface area contributed by atoms with E-state index < -0.39 is 0 Å². The zero-order valence-electron chi connectivity index (χ0n) is 10.8. The highest BCUT2D eigenvalue weighted by molar-refractivity contribution is 9.10. The van der Waals surface area contributed by atoms with Crippen molar-refractivity contribution in [3.63, 3.8) is 0 Å². The minimum Gasteiger partial charge on any atom is -0.287 e. The topological polar surface area (TPSA) is 30.2 Å². The molecule has 0 radical (unpaired) electrons. The molecule has 0 atom stereocenters. The summed E-state index contributed by atoms with van der Waals surface area (Å²) in [7, 11) is 0. The second-order valence-electron chi connectivity index (χ2n) is 4.52. The van der Waals surface area contributed by atoms with Gasteiger partial charge in [0.15, 0.2) is 0 Å². The molecule has 0 aliphatic rings. The van der Waals surface area contributed by atoms with Crippen molar-refractivity contribution < 1.29 is 0 Å². The first-order valence-corrected chi connectivity index (χ1v) is 7.49. The molecule has 0 saturated heterocycles. The Labute approximate surface area is 134 Å². The number of aryl methyl sites for hydroxylation is 2. The number of aromatic nitrogens is 3. The summed E-state index contributed by atoms with van der Waals surface area (Å²) in [4.78, 5) is 9.00.